The predicted octanol–water partition coefficient (Wildman–Crippen LogP) is 5.41. The molecule has 2 N–H and O–H groups in total. The van der Waals surface area contributed by atoms with Gasteiger partial charge in [0, 0.05) is 22.7 Å². The number of nitrogens with zero attached hydrogens (tertiary/aromatic N) is 1. The van der Waals surface area contributed by atoms with Gasteiger partial charge >= 0.3 is 6.18 Å². The summed E-state index contributed by atoms with van der Waals surface area (Å²) in [7, 11) is 0. The van der Waals surface area contributed by atoms with Gasteiger partial charge in [-0.3, -0.25) is 0 Å². The Morgan fingerprint density at radius 1 is 0.903 bits per heavy atom. The third-order valence-electron chi connectivity index (χ3n) is 5.31. The lowest BCUT2D eigenvalue weighted by Crippen LogP contribution is -2.28. The molecule has 0 aliphatic rings. The topological polar surface area (TPSA) is 45.4 Å². The number of rotatable bonds is 5. The summed E-state index contributed by atoms with van der Waals surface area (Å²) >= 11 is 0. The second-order valence-corrected chi connectivity index (χ2v) is 7.29. The van der Waals surface area contributed by atoms with E-state index in [-0.39, 0.29) is 0 Å². The molecule has 160 valence electrons. The van der Waals surface area contributed by atoms with Crippen LogP contribution in [0.5, 0.6) is 0 Å². The Balaban J connectivity index is 1.89. The summed E-state index contributed by atoms with van der Waals surface area (Å²) in [4.78, 5) is 0. The zero-order valence-corrected chi connectivity index (χ0v) is 16.2. The van der Waals surface area contributed by atoms with Gasteiger partial charge in [-0.2, -0.15) is 13.2 Å². The monoisotopic (exact) mass is 429 g/mol. The van der Waals surface area contributed by atoms with Gasteiger partial charge in [0.1, 0.15) is 11.9 Å². The van der Waals surface area contributed by atoms with E-state index in [1.807, 2.05) is 6.07 Å². The summed E-state index contributed by atoms with van der Waals surface area (Å²) in [5.41, 5.74) is 1.64. The minimum atomic E-state index is -4.43. The lowest BCUT2D eigenvalue weighted by atomic mass is 10.0. The largest absolute Gasteiger partial charge is 0.416 e. The van der Waals surface area contributed by atoms with Gasteiger partial charge in [-0.1, -0.05) is 42.5 Å². The van der Waals surface area contributed by atoms with E-state index in [2.05, 4.69) is 0 Å². The van der Waals surface area contributed by atoms with Crippen molar-refractivity contribution in [3.8, 4) is 11.1 Å². The maximum Gasteiger partial charge on any atom is 0.416 e. The summed E-state index contributed by atoms with van der Waals surface area (Å²) in [6.45, 7) is -0.552. The van der Waals surface area contributed by atoms with E-state index in [0.717, 1.165) is 17.5 Å². The second-order valence-electron chi connectivity index (χ2n) is 7.29. The van der Waals surface area contributed by atoms with Gasteiger partial charge in [-0.25, -0.2) is 4.39 Å². The standard InChI is InChI=1S/C24H19F4NO2/c25-18-5-3-4-16(12-18)23(22(31)14-30)29-13-20(19-6-1-2-7-21(19)29)15-8-10-17(11-9-15)24(26,27)28/h1-13,22-23,30-31H,14H2/t22-,23+/m1/s1. The molecule has 0 saturated carbocycles. The van der Waals surface area contributed by atoms with Crippen molar-refractivity contribution in [1.82, 2.24) is 4.57 Å². The van der Waals surface area contributed by atoms with Crippen LogP contribution in [-0.2, 0) is 6.18 Å². The first kappa shape index (κ1) is 21.1. The van der Waals surface area contributed by atoms with E-state index in [9.17, 15) is 27.8 Å². The predicted molar refractivity (Wildman–Crippen MR) is 110 cm³/mol. The SMILES string of the molecule is OC[C@@H](O)[C@H](c1cccc(F)c1)n1cc(-c2ccc(C(F)(F)F)cc2)c2ccccc21. The Hall–Kier alpha value is -3.16. The lowest BCUT2D eigenvalue weighted by Gasteiger charge is -2.25. The molecule has 7 heteroatoms. The molecule has 0 radical (unpaired) electrons. The van der Waals surface area contributed by atoms with Crippen molar-refractivity contribution in [3.05, 3.63) is 95.9 Å². The molecule has 4 aromatic rings. The first-order chi connectivity index (χ1) is 14.8. The average Bonchev–Trinajstić information content (AvgIpc) is 3.13. The molecule has 4 rings (SSSR count). The molecular formula is C24H19F4NO2. The van der Waals surface area contributed by atoms with Gasteiger partial charge < -0.3 is 14.8 Å². The zero-order valence-electron chi connectivity index (χ0n) is 16.2. The first-order valence-electron chi connectivity index (χ1n) is 9.61. The molecule has 0 amide bonds. The summed E-state index contributed by atoms with van der Waals surface area (Å²) < 4.78 is 54.4. The van der Waals surface area contributed by atoms with Crippen molar-refractivity contribution in [2.24, 2.45) is 0 Å². The van der Waals surface area contributed by atoms with Crippen LogP contribution in [0.15, 0.2) is 79.0 Å². The van der Waals surface area contributed by atoms with Crippen LogP contribution < -0.4 is 0 Å². The number of aliphatic hydroxyl groups excluding tert-OH is 2. The molecule has 0 spiro atoms. The second kappa shape index (κ2) is 8.17. The smallest absolute Gasteiger partial charge is 0.394 e. The fraction of sp³-hybridized carbons (Fsp3) is 0.167. The number of hydrogen-bond acceptors (Lipinski definition) is 2. The molecule has 0 unspecified atom stereocenters. The maximum atomic E-state index is 13.9. The number of aromatic nitrogens is 1. The van der Waals surface area contributed by atoms with Crippen molar-refractivity contribution in [3.63, 3.8) is 0 Å². The third-order valence-corrected chi connectivity index (χ3v) is 5.31. The molecule has 0 aliphatic heterocycles. The van der Waals surface area contributed by atoms with Crippen molar-refractivity contribution >= 4 is 10.9 Å². The van der Waals surface area contributed by atoms with Gasteiger partial charge in [0.25, 0.3) is 0 Å². The minimum absolute atomic E-state index is 0.460. The molecule has 31 heavy (non-hydrogen) atoms. The third kappa shape index (κ3) is 4.06. The summed E-state index contributed by atoms with van der Waals surface area (Å²) in [6, 6.07) is 17.0. The van der Waals surface area contributed by atoms with Gasteiger partial charge in [0.2, 0.25) is 0 Å². The molecule has 1 heterocycles. The van der Waals surface area contributed by atoms with Gasteiger partial charge in [0.15, 0.2) is 0 Å². The van der Waals surface area contributed by atoms with Crippen molar-refractivity contribution < 1.29 is 27.8 Å². The Kier molecular flexibility index (Phi) is 5.56. The zero-order chi connectivity index (χ0) is 22.2. The van der Waals surface area contributed by atoms with Crippen molar-refractivity contribution in [1.29, 1.82) is 0 Å². The quantitative estimate of drug-likeness (QED) is 0.417. The molecule has 0 saturated heterocycles. The Bertz CT molecular complexity index is 1200. The highest BCUT2D eigenvalue weighted by Gasteiger charge is 2.30. The number of aliphatic hydroxyl groups is 2. The highest BCUT2D eigenvalue weighted by molar-refractivity contribution is 5.96. The average molecular weight is 429 g/mol. The van der Waals surface area contributed by atoms with Crippen LogP contribution in [0.3, 0.4) is 0 Å². The Labute approximate surface area is 175 Å². The molecule has 0 aliphatic carbocycles. The lowest BCUT2D eigenvalue weighted by molar-refractivity contribution is -0.137. The van der Waals surface area contributed by atoms with Crippen LogP contribution in [0.2, 0.25) is 0 Å². The van der Waals surface area contributed by atoms with Crippen LogP contribution in [-0.4, -0.2) is 27.5 Å². The van der Waals surface area contributed by atoms with Gasteiger partial charge in [0.05, 0.1) is 18.2 Å². The van der Waals surface area contributed by atoms with E-state index < -0.39 is 36.3 Å². The molecule has 3 nitrogen and oxygen atoms in total. The maximum absolute atomic E-state index is 13.9. The number of fused-ring (bicyclic) bond motifs is 1. The highest BCUT2D eigenvalue weighted by atomic mass is 19.4. The van der Waals surface area contributed by atoms with Crippen LogP contribution in [0.4, 0.5) is 17.6 Å². The summed E-state index contributed by atoms with van der Waals surface area (Å²) in [6.07, 6.45) is -3.94. The van der Waals surface area contributed by atoms with E-state index in [0.29, 0.717) is 22.2 Å². The van der Waals surface area contributed by atoms with E-state index in [1.165, 1.54) is 30.3 Å². The van der Waals surface area contributed by atoms with Gasteiger partial charge in [-0.15, -0.1) is 0 Å². The molecule has 0 bridgehead atoms. The summed E-state index contributed by atoms with van der Waals surface area (Å²) in [5, 5.41) is 21.0. The van der Waals surface area contributed by atoms with Crippen LogP contribution in [0.1, 0.15) is 17.2 Å². The molecule has 2 atom stereocenters. The van der Waals surface area contributed by atoms with E-state index in [4.69, 9.17) is 0 Å². The summed E-state index contributed by atoms with van der Waals surface area (Å²) in [5.74, 6) is -0.480. The number of alkyl halides is 3. The molecule has 3 aromatic carbocycles. The molecular weight excluding hydrogens is 410 g/mol. The first-order valence-corrected chi connectivity index (χ1v) is 9.61. The fourth-order valence-corrected chi connectivity index (χ4v) is 3.86. The normalized spacial score (nSPS) is 14.0. The van der Waals surface area contributed by atoms with Crippen LogP contribution >= 0.6 is 0 Å². The van der Waals surface area contributed by atoms with E-state index in [1.54, 1.807) is 35.0 Å². The molecule has 0 fully saturated rings. The van der Waals surface area contributed by atoms with E-state index >= 15 is 0 Å². The number of halogens is 4. The Morgan fingerprint density at radius 3 is 2.26 bits per heavy atom. The fourth-order valence-electron chi connectivity index (χ4n) is 3.86. The Morgan fingerprint density at radius 2 is 1.61 bits per heavy atom. The highest BCUT2D eigenvalue weighted by Crippen LogP contribution is 2.37. The van der Waals surface area contributed by atoms with Gasteiger partial charge in [-0.05, 0) is 41.5 Å². The number of benzene rings is 3. The number of para-hydroxylation sites is 1. The number of hydrogen-bond donors (Lipinski definition) is 2. The minimum Gasteiger partial charge on any atom is -0.394 e. The van der Waals surface area contributed by atoms with Crippen molar-refractivity contribution in [2.75, 3.05) is 6.61 Å². The van der Waals surface area contributed by atoms with Crippen LogP contribution in [0.25, 0.3) is 22.0 Å². The van der Waals surface area contributed by atoms with Crippen molar-refractivity contribution in [2.45, 2.75) is 18.3 Å². The molecule has 1 aromatic heterocycles. The van der Waals surface area contributed by atoms with Crippen LogP contribution in [0, 0.1) is 5.82 Å².